The summed E-state index contributed by atoms with van der Waals surface area (Å²) in [5, 5.41) is 8.61. The van der Waals surface area contributed by atoms with Crippen LogP contribution in [0.25, 0.3) is 0 Å². The number of carboxylic acids is 1. The van der Waals surface area contributed by atoms with E-state index in [9.17, 15) is 4.79 Å². The zero-order valence-electron chi connectivity index (χ0n) is 8.16. The number of carbonyl (C=O) groups is 1. The van der Waals surface area contributed by atoms with Crippen LogP contribution in [0.2, 0.25) is 0 Å². The molecule has 0 bridgehead atoms. The molecule has 4 heteroatoms. The summed E-state index contributed by atoms with van der Waals surface area (Å²) in [6.07, 6.45) is 3.31. The zero-order valence-corrected chi connectivity index (χ0v) is 8.16. The molecule has 0 radical (unpaired) electrons. The van der Waals surface area contributed by atoms with Gasteiger partial charge >= 0.3 is 5.97 Å². The van der Waals surface area contributed by atoms with Crippen molar-refractivity contribution in [1.29, 1.82) is 0 Å². The van der Waals surface area contributed by atoms with E-state index in [4.69, 9.17) is 14.3 Å². The van der Waals surface area contributed by atoms with E-state index in [1.54, 1.807) is 0 Å². The van der Waals surface area contributed by atoms with Crippen molar-refractivity contribution in [1.82, 2.24) is 0 Å². The van der Waals surface area contributed by atoms with Crippen LogP contribution < -0.4 is 0 Å². The van der Waals surface area contributed by atoms with Crippen LogP contribution in [0.15, 0.2) is 16.7 Å². The quantitative estimate of drug-likeness (QED) is 0.712. The highest BCUT2D eigenvalue weighted by atomic mass is 16.5. The highest BCUT2D eigenvalue weighted by Gasteiger charge is 2.07. The van der Waals surface area contributed by atoms with E-state index in [2.05, 4.69) is 6.92 Å². The summed E-state index contributed by atoms with van der Waals surface area (Å²) in [7, 11) is 0. The average Bonchev–Trinajstić information content (AvgIpc) is 2.61. The molecule has 0 aliphatic heterocycles. The highest BCUT2D eigenvalue weighted by Crippen LogP contribution is 2.09. The first kappa shape index (κ1) is 10.8. The summed E-state index contributed by atoms with van der Waals surface area (Å²) in [5.74, 6) is -0.424. The molecule has 0 atom stereocenters. The van der Waals surface area contributed by atoms with Crippen molar-refractivity contribution in [2.24, 2.45) is 0 Å². The van der Waals surface area contributed by atoms with Crippen LogP contribution >= 0.6 is 0 Å². The molecule has 1 rings (SSSR count). The van der Waals surface area contributed by atoms with Crippen LogP contribution in [-0.4, -0.2) is 17.7 Å². The molecule has 0 saturated heterocycles. The average molecular weight is 198 g/mol. The van der Waals surface area contributed by atoms with Gasteiger partial charge in [-0.15, -0.1) is 0 Å². The Bertz CT molecular complexity index is 290. The smallest absolute Gasteiger partial charge is 0.338 e. The minimum Gasteiger partial charge on any atom is -0.478 e. The fourth-order valence-electron chi connectivity index (χ4n) is 0.988. The van der Waals surface area contributed by atoms with Crippen molar-refractivity contribution < 1.29 is 19.1 Å². The lowest BCUT2D eigenvalue weighted by Crippen LogP contribution is -1.94. The number of furan rings is 1. The first-order valence-corrected chi connectivity index (χ1v) is 4.62. The van der Waals surface area contributed by atoms with Gasteiger partial charge in [0.1, 0.15) is 18.6 Å². The summed E-state index contributed by atoms with van der Waals surface area (Å²) in [5.41, 5.74) is 0.166. The summed E-state index contributed by atoms with van der Waals surface area (Å²) < 4.78 is 10.3. The topological polar surface area (TPSA) is 59.7 Å². The van der Waals surface area contributed by atoms with Crippen LogP contribution in [0.1, 0.15) is 35.9 Å². The molecule has 1 N–H and O–H groups in total. The maximum Gasteiger partial charge on any atom is 0.338 e. The predicted molar refractivity (Wildman–Crippen MR) is 50.2 cm³/mol. The first-order chi connectivity index (χ1) is 6.74. The number of ether oxygens (including phenoxy) is 1. The van der Waals surface area contributed by atoms with Gasteiger partial charge in [-0.05, 0) is 12.5 Å². The Morgan fingerprint density at radius 1 is 1.64 bits per heavy atom. The molecule has 0 aliphatic carbocycles. The summed E-state index contributed by atoms with van der Waals surface area (Å²) >= 11 is 0. The number of hydrogen-bond acceptors (Lipinski definition) is 3. The molecule has 78 valence electrons. The van der Waals surface area contributed by atoms with Crippen LogP contribution in [0, 0.1) is 0 Å². The van der Waals surface area contributed by atoms with Gasteiger partial charge < -0.3 is 14.3 Å². The lowest BCUT2D eigenvalue weighted by Gasteiger charge is -1.98. The monoisotopic (exact) mass is 198 g/mol. The van der Waals surface area contributed by atoms with E-state index in [-0.39, 0.29) is 5.56 Å². The standard InChI is InChI=1S/C10H14O4/c1-2-3-4-13-7-9-5-8(6-14-9)10(11)12/h5-6H,2-4,7H2,1H3,(H,11,12). The molecule has 1 aromatic heterocycles. The van der Waals surface area contributed by atoms with Gasteiger partial charge in [0.05, 0.1) is 5.56 Å². The molecule has 0 aliphatic rings. The first-order valence-electron chi connectivity index (χ1n) is 4.62. The van der Waals surface area contributed by atoms with Crippen molar-refractivity contribution in [2.75, 3.05) is 6.61 Å². The molecule has 14 heavy (non-hydrogen) atoms. The van der Waals surface area contributed by atoms with E-state index < -0.39 is 5.97 Å². The van der Waals surface area contributed by atoms with Gasteiger partial charge in [-0.3, -0.25) is 0 Å². The minimum absolute atomic E-state index is 0.166. The fourth-order valence-corrected chi connectivity index (χ4v) is 0.988. The Morgan fingerprint density at radius 2 is 2.43 bits per heavy atom. The van der Waals surface area contributed by atoms with Crippen LogP contribution in [-0.2, 0) is 11.3 Å². The number of rotatable bonds is 6. The van der Waals surface area contributed by atoms with E-state index >= 15 is 0 Å². The van der Waals surface area contributed by atoms with E-state index in [1.807, 2.05) is 0 Å². The van der Waals surface area contributed by atoms with Crippen molar-refractivity contribution in [3.63, 3.8) is 0 Å². The lowest BCUT2D eigenvalue weighted by atomic mass is 10.3. The van der Waals surface area contributed by atoms with Crippen molar-refractivity contribution in [3.05, 3.63) is 23.7 Å². The molecule has 0 aromatic carbocycles. The Morgan fingerprint density at radius 3 is 3.00 bits per heavy atom. The largest absolute Gasteiger partial charge is 0.478 e. The Kier molecular flexibility index (Phi) is 4.19. The van der Waals surface area contributed by atoms with Gasteiger partial charge in [-0.2, -0.15) is 0 Å². The molecule has 0 unspecified atom stereocenters. The van der Waals surface area contributed by atoms with Gasteiger partial charge in [-0.1, -0.05) is 13.3 Å². The molecule has 0 fully saturated rings. The zero-order chi connectivity index (χ0) is 10.4. The number of aromatic carboxylic acids is 1. The number of hydrogen-bond donors (Lipinski definition) is 1. The van der Waals surface area contributed by atoms with Gasteiger partial charge in [0.15, 0.2) is 0 Å². The van der Waals surface area contributed by atoms with E-state index in [1.165, 1.54) is 12.3 Å². The molecule has 0 amide bonds. The third kappa shape index (κ3) is 3.22. The van der Waals surface area contributed by atoms with Crippen LogP contribution in [0.4, 0.5) is 0 Å². The summed E-state index contributed by atoms with van der Waals surface area (Å²) in [6.45, 7) is 3.10. The summed E-state index contributed by atoms with van der Waals surface area (Å²) in [6, 6.07) is 1.48. The second-order valence-corrected chi connectivity index (χ2v) is 3.01. The Hall–Kier alpha value is -1.29. The molecule has 0 saturated carbocycles. The SMILES string of the molecule is CCCCOCc1cc(C(=O)O)co1. The van der Waals surface area contributed by atoms with Crippen molar-refractivity contribution >= 4 is 5.97 Å². The van der Waals surface area contributed by atoms with Gasteiger partial charge in [-0.25, -0.2) is 4.79 Å². The van der Waals surface area contributed by atoms with Crippen molar-refractivity contribution in [3.8, 4) is 0 Å². The highest BCUT2D eigenvalue weighted by molar-refractivity contribution is 5.87. The van der Waals surface area contributed by atoms with Crippen LogP contribution in [0.5, 0.6) is 0 Å². The Balaban J connectivity index is 2.33. The predicted octanol–water partition coefficient (Wildman–Crippen LogP) is 2.29. The maximum absolute atomic E-state index is 10.5. The number of unbranched alkanes of at least 4 members (excludes halogenated alkanes) is 1. The van der Waals surface area contributed by atoms with Crippen molar-refractivity contribution in [2.45, 2.75) is 26.4 Å². The normalized spacial score (nSPS) is 10.4. The van der Waals surface area contributed by atoms with Gasteiger partial charge in [0.25, 0.3) is 0 Å². The second-order valence-electron chi connectivity index (χ2n) is 3.01. The third-order valence-corrected chi connectivity index (χ3v) is 1.79. The van der Waals surface area contributed by atoms with Crippen LogP contribution in [0.3, 0.4) is 0 Å². The van der Waals surface area contributed by atoms with E-state index in [0.29, 0.717) is 19.0 Å². The number of carboxylic acid groups (broad SMARTS) is 1. The minimum atomic E-state index is -0.978. The van der Waals surface area contributed by atoms with Gasteiger partial charge in [0.2, 0.25) is 0 Å². The Labute approximate surface area is 82.5 Å². The molecular formula is C10H14O4. The fraction of sp³-hybridized carbons (Fsp3) is 0.500. The third-order valence-electron chi connectivity index (χ3n) is 1.79. The maximum atomic E-state index is 10.5. The van der Waals surface area contributed by atoms with Gasteiger partial charge in [0, 0.05) is 6.61 Å². The lowest BCUT2D eigenvalue weighted by molar-refractivity contribution is 0.0696. The molecular weight excluding hydrogens is 184 g/mol. The molecule has 0 spiro atoms. The summed E-state index contributed by atoms with van der Waals surface area (Å²) in [4.78, 5) is 10.5. The molecule has 1 aromatic rings. The molecule has 4 nitrogen and oxygen atoms in total. The second kappa shape index (κ2) is 5.44. The van der Waals surface area contributed by atoms with E-state index in [0.717, 1.165) is 12.8 Å². The molecule has 1 heterocycles.